The molecule has 0 spiro atoms. The highest BCUT2D eigenvalue weighted by Crippen LogP contribution is 2.38. The van der Waals surface area contributed by atoms with Crippen molar-refractivity contribution in [3.05, 3.63) is 71.5 Å². The summed E-state index contributed by atoms with van der Waals surface area (Å²) in [5, 5.41) is 2.34. The third kappa shape index (κ3) is 2.20. The minimum Gasteiger partial charge on any atom is -0.496 e. The normalized spacial score (nSPS) is 17.6. The molecule has 5 heteroatoms. The first-order chi connectivity index (χ1) is 12.3. The summed E-state index contributed by atoms with van der Waals surface area (Å²) in [6.45, 7) is 1.15. The molecule has 0 amide bonds. The van der Waals surface area contributed by atoms with E-state index in [1.54, 1.807) is 7.11 Å². The average molecular weight is 335 g/mol. The first-order valence-electron chi connectivity index (χ1n) is 8.41. The van der Waals surface area contributed by atoms with E-state index >= 15 is 0 Å². The predicted octanol–water partition coefficient (Wildman–Crippen LogP) is 2.38. The molecule has 3 heterocycles. The number of nitrogens with zero attached hydrogens (tertiary/aromatic N) is 1. The molecule has 0 unspecified atom stereocenters. The monoisotopic (exact) mass is 335 g/mol. The van der Waals surface area contributed by atoms with Crippen LogP contribution in [0.5, 0.6) is 17.2 Å². The van der Waals surface area contributed by atoms with Crippen LogP contribution in [0.3, 0.4) is 0 Å². The second-order valence-corrected chi connectivity index (χ2v) is 6.30. The largest absolute Gasteiger partial charge is 0.496 e. The molecule has 2 aliphatic heterocycles. The highest BCUT2D eigenvalue weighted by atomic mass is 16.7. The fourth-order valence-corrected chi connectivity index (χ4v) is 3.80. The van der Waals surface area contributed by atoms with Crippen LogP contribution >= 0.6 is 0 Å². The summed E-state index contributed by atoms with van der Waals surface area (Å²) in [5.74, 6) is 2.56. The van der Waals surface area contributed by atoms with E-state index in [4.69, 9.17) is 14.2 Å². The number of rotatable bonds is 2. The predicted molar refractivity (Wildman–Crippen MR) is 92.4 cm³/mol. The summed E-state index contributed by atoms with van der Waals surface area (Å²) >= 11 is 0. The van der Waals surface area contributed by atoms with E-state index in [2.05, 4.69) is 52.5 Å². The molecular formula is C20H19N2O3+. The van der Waals surface area contributed by atoms with Crippen molar-refractivity contribution in [3.8, 4) is 22.9 Å². The fraction of sp³-hybridized carbons (Fsp3) is 0.200. The molecule has 3 aromatic rings. The van der Waals surface area contributed by atoms with Crippen molar-refractivity contribution >= 4 is 0 Å². The first kappa shape index (κ1) is 14.4. The molecule has 0 radical (unpaired) electrons. The molecule has 2 N–H and O–H groups in total. The van der Waals surface area contributed by atoms with Crippen molar-refractivity contribution in [1.29, 1.82) is 0 Å². The number of benzene rings is 2. The molecule has 5 rings (SSSR count). The van der Waals surface area contributed by atoms with Crippen molar-refractivity contribution in [1.82, 2.24) is 4.57 Å². The van der Waals surface area contributed by atoms with Crippen molar-refractivity contribution in [2.45, 2.75) is 12.6 Å². The molecule has 0 saturated heterocycles. The molecule has 5 nitrogen and oxygen atoms in total. The number of hydrogen-bond acceptors (Lipinski definition) is 3. The van der Waals surface area contributed by atoms with Crippen LogP contribution in [0.2, 0.25) is 0 Å². The average Bonchev–Trinajstić information content (AvgIpc) is 3.27. The Morgan fingerprint density at radius 1 is 1.08 bits per heavy atom. The van der Waals surface area contributed by atoms with Crippen LogP contribution in [-0.4, -0.2) is 18.5 Å². The maximum atomic E-state index is 5.60. The van der Waals surface area contributed by atoms with Gasteiger partial charge in [0, 0.05) is 17.8 Å². The topological polar surface area (TPSA) is 49.2 Å². The molecule has 0 fully saturated rings. The standard InChI is InChI=1S/C20H18N2O3/c1-23-17-7-3-2-5-14(17)20-15-6-4-8-22(15)16-10-19-18(24-12-25-19)9-13(16)11-21-20/h2-10,20-21H,11-12H2,1H3/p+1/t20-/m1/s1. The lowest BCUT2D eigenvalue weighted by molar-refractivity contribution is -0.702. The molecule has 2 aromatic carbocycles. The number of methoxy groups -OCH3 is 1. The van der Waals surface area contributed by atoms with Crippen LogP contribution in [0, 0.1) is 0 Å². The lowest BCUT2D eigenvalue weighted by Gasteiger charge is -2.17. The number of hydrogen-bond donors (Lipinski definition) is 1. The third-order valence-electron chi connectivity index (χ3n) is 4.98. The Morgan fingerprint density at radius 2 is 1.92 bits per heavy atom. The minimum atomic E-state index is 0.162. The zero-order chi connectivity index (χ0) is 16.8. The summed E-state index contributed by atoms with van der Waals surface area (Å²) in [7, 11) is 1.72. The Bertz CT molecular complexity index is 948. The van der Waals surface area contributed by atoms with Crippen LogP contribution in [0.4, 0.5) is 0 Å². The van der Waals surface area contributed by atoms with Gasteiger partial charge in [0.05, 0.1) is 24.1 Å². The number of aromatic nitrogens is 1. The summed E-state index contributed by atoms with van der Waals surface area (Å²) < 4.78 is 19.0. The Morgan fingerprint density at radius 3 is 2.80 bits per heavy atom. The lowest BCUT2D eigenvalue weighted by atomic mass is 10.0. The number of para-hydroxylation sites is 1. The third-order valence-corrected chi connectivity index (χ3v) is 4.98. The van der Waals surface area contributed by atoms with E-state index in [9.17, 15) is 0 Å². The lowest BCUT2D eigenvalue weighted by Crippen LogP contribution is -2.83. The van der Waals surface area contributed by atoms with Gasteiger partial charge in [0.2, 0.25) is 6.79 Å². The molecular weight excluding hydrogens is 316 g/mol. The van der Waals surface area contributed by atoms with Crippen LogP contribution in [0.15, 0.2) is 54.7 Å². The van der Waals surface area contributed by atoms with Gasteiger partial charge in [0.1, 0.15) is 12.3 Å². The van der Waals surface area contributed by atoms with E-state index in [0.29, 0.717) is 6.79 Å². The smallest absolute Gasteiger partial charge is 0.231 e. The minimum absolute atomic E-state index is 0.162. The molecule has 1 aromatic heterocycles. The molecule has 2 aliphatic rings. The van der Waals surface area contributed by atoms with Crippen LogP contribution in [0.25, 0.3) is 5.69 Å². The maximum Gasteiger partial charge on any atom is 0.231 e. The highest BCUT2D eigenvalue weighted by Gasteiger charge is 2.30. The van der Waals surface area contributed by atoms with E-state index in [1.165, 1.54) is 16.8 Å². The van der Waals surface area contributed by atoms with Crippen molar-refractivity contribution < 1.29 is 19.5 Å². The molecule has 25 heavy (non-hydrogen) atoms. The van der Waals surface area contributed by atoms with Gasteiger partial charge in [-0.05, 0) is 30.3 Å². The van der Waals surface area contributed by atoms with Crippen LogP contribution in [-0.2, 0) is 6.54 Å². The van der Waals surface area contributed by atoms with E-state index in [1.807, 2.05) is 12.1 Å². The SMILES string of the molecule is COc1ccccc1[C@H]1[NH2+]Cc2cc3c(cc2-n2cccc21)OCO3. The molecule has 0 aliphatic carbocycles. The summed E-state index contributed by atoms with van der Waals surface area (Å²) in [5.41, 5.74) is 4.79. The zero-order valence-corrected chi connectivity index (χ0v) is 13.9. The Kier molecular flexibility index (Phi) is 3.21. The summed E-state index contributed by atoms with van der Waals surface area (Å²) in [6, 6.07) is 16.8. The van der Waals surface area contributed by atoms with Gasteiger partial charge in [-0.1, -0.05) is 12.1 Å². The van der Waals surface area contributed by atoms with Crippen LogP contribution in [0.1, 0.15) is 22.9 Å². The second-order valence-electron chi connectivity index (χ2n) is 6.30. The molecule has 0 bridgehead atoms. The van der Waals surface area contributed by atoms with E-state index < -0.39 is 0 Å². The Balaban J connectivity index is 1.67. The molecule has 1 atom stereocenters. The number of fused-ring (bicyclic) bond motifs is 4. The first-order valence-corrected chi connectivity index (χ1v) is 8.41. The van der Waals surface area contributed by atoms with Gasteiger partial charge in [-0.15, -0.1) is 0 Å². The van der Waals surface area contributed by atoms with Crippen molar-refractivity contribution in [3.63, 3.8) is 0 Å². The van der Waals surface area contributed by atoms with Gasteiger partial charge in [0.15, 0.2) is 17.5 Å². The number of nitrogens with two attached hydrogens (primary N) is 1. The summed E-state index contributed by atoms with van der Waals surface area (Å²) in [4.78, 5) is 0. The second kappa shape index (κ2) is 5.57. The van der Waals surface area contributed by atoms with E-state index in [-0.39, 0.29) is 6.04 Å². The molecule has 0 saturated carbocycles. The Hall–Kier alpha value is -2.92. The number of quaternary nitrogens is 1. The molecule has 126 valence electrons. The van der Waals surface area contributed by atoms with Gasteiger partial charge in [-0.2, -0.15) is 0 Å². The maximum absolute atomic E-state index is 5.60. The van der Waals surface area contributed by atoms with Crippen molar-refractivity contribution in [2.75, 3.05) is 13.9 Å². The van der Waals surface area contributed by atoms with Crippen molar-refractivity contribution in [2.24, 2.45) is 0 Å². The summed E-state index contributed by atoms with van der Waals surface area (Å²) in [6.07, 6.45) is 2.11. The van der Waals surface area contributed by atoms with Gasteiger partial charge in [0.25, 0.3) is 0 Å². The highest BCUT2D eigenvalue weighted by molar-refractivity contribution is 5.56. The van der Waals surface area contributed by atoms with Crippen LogP contribution < -0.4 is 19.5 Å². The van der Waals surface area contributed by atoms with Gasteiger partial charge < -0.3 is 24.1 Å². The van der Waals surface area contributed by atoms with Gasteiger partial charge in [-0.3, -0.25) is 0 Å². The quantitative estimate of drug-likeness (QED) is 0.782. The van der Waals surface area contributed by atoms with Gasteiger partial charge >= 0.3 is 0 Å². The fourth-order valence-electron chi connectivity index (χ4n) is 3.80. The zero-order valence-electron chi connectivity index (χ0n) is 13.9. The van der Waals surface area contributed by atoms with E-state index in [0.717, 1.165) is 29.5 Å². The Labute approximate surface area is 145 Å². The number of ether oxygens (including phenoxy) is 3. The van der Waals surface area contributed by atoms with Gasteiger partial charge in [-0.25, -0.2) is 0 Å².